The third-order valence-corrected chi connectivity index (χ3v) is 4.97. The molecule has 1 heterocycles. The van der Waals surface area contributed by atoms with Gasteiger partial charge in [0.25, 0.3) is 0 Å². The van der Waals surface area contributed by atoms with Gasteiger partial charge in [0, 0.05) is 18.1 Å². The van der Waals surface area contributed by atoms with Crippen molar-refractivity contribution in [2.75, 3.05) is 13.6 Å². The number of hydrogen-bond donors (Lipinski definition) is 1. The van der Waals surface area contributed by atoms with Crippen LogP contribution in [0.1, 0.15) is 38.3 Å². The average molecular weight is 282 g/mol. The Kier molecular flexibility index (Phi) is 4.27. The topological polar surface area (TPSA) is 15.3 Å². The highest BCUT2D eigenvalue weighted by molar-refractivity contribution is 5.83. The van der Waals surface area contributed by atoms with E-state index < -0.39 is 0 Å². The van der Waals surface area contributed by atoms with Crippen LogP contribution >= 0.6 is 0 Å². The lowest BCUT2D eigenvalue weighted by atomic mass is 9.96. The molecule has 1 fully saturated rings. The molecule has 3 rings (SSSR count). The van der Waals surface area contributed by atoms with Gasteiger partial charge in [0.2, 0.25) is 0 Å². The molecule has 3 unspecified atom stereocenters. The van der Waals surface area contributed by atoms with Crippen molar-refractivity contribution in [1.29, 1.82) is 0 Å². The molecule has 112 valence electrons. The lowest BCUT2D eigenvalue weighted by molar-refractivity contribution is 0.163. The van der Waals surface area contributed by atoms with E-state index in [4.69, 9.17) is 0 Å². The molecule has 1 aliphatic heterocycles. The van der Waals surface area contributed by atoms with Gasteiger partial charge in [-0.25, -0.2) is 0 Å². The maximum atomic E-state index is 3.82. The van der Waals surface area contributed by atoms with E-state index in [2.05, 4.69) is 73.6 Å². The second-order valence-corrected chi connectivity index (χ2v) is 6.55. The third-order valence-electron chi connectivity index (χ3n) is 4.97. The van der Waals surface area contributed by atoms with E-state index in [9.17, 15) is 0 Å². The van der Waals surface area contributed by atoms with Crippen LogP contribution < -0.4 is 5.32 Å². The first kappa shape index (κ1) is 14.6. The first-order valence-corrected chi connectivity index (χ1v) is 8.08. The van der Waals surface area contributed by atoms with E-state index in [1.807, 2.05) is 0 Å². The molecule has 2 nitrogen and oxygen atoms in total. The van der Waals surface area contributed by atoms with Gasteiger partial charge >= 0.3 is 0 Å². The number of nitrogens with zero attached hydrogens (tertiary/aromatic N) is 1. The number of fused-ring (bicyclic) bond motifs is 1. The molecule has 0 amide bonds. The van der Waals surface area contributed by atoms with Gasteiger partial charge in [0.15, 0.2) is 0 Å². The summed E-state index contributed by atoms with van der Waals surface area (Å²) >= 11 is 0. The van der Waals surface area contributed by atoms with Gasteiger partial charge in [-0.3, -0.25) is 0 Å². The van der Waals surface area contributed by atoms with E-state index in [-0.39, 0.29) is 0 Å². The Morgan fingerprint density at radius 3 is 2.67 bits per heavy atom. The molecular weight excluding hydrogens is 256 g/mol. The second kappa shape index (κ2) is 6.17. The molecule has 0 aromatic heterocycles. The Morgan fingerprint density at radius 2 is 1.90 bits per heavy atom. The van der Waals surface area contributed by atoms with Crippen LogP contribution in [0.2, 0.25) is 0 Å². The van der Waals surface area contributed by atoms with Crippen molar-refractivity contribution < 1.29 is 0 Å². The summed E-state index contributed by atoms with van der Waals surface area (Å²) in [4.78, 5) is 2.46. The summed E-state index contributed by atoms with van der Waals surface area (Å²) in [5.74, 6) is 0. The van der Waals surface area contributed by atoms with Gasteiger partial charge in [-0.05, 0) is 62.7 Å². The molecule has 0 saturated carbocycles. The van der Waals surface area contributed by atoms with Crippen molar-refractivity contribution in [3.63, 3.8) is 0 Å². The number of benzene rings is 2. The molecule has 3 atom stereocenters. The number of likely N-dealkylation sites (tertiary alicyclic amines) is 1. The van der Waals surface area contributed by atoms with Crippen LogP contribution in [0, 0.1) is 0 Å². The standard InChI is InChI=1S/C19H26N2/c1-14-12-19(10-11-21(14)3)20-15(2)17-9-8-16-6-4-5-7-18(16)13-17/h4-9,13-15,19-20H,10-12H2,1-3H3. The van der Waals surface area contributed by atoms with Crippen molar-refractivity contribution in [3.8, 4) is 0 Å². The van der Waals surface area contributed by atoms with Crippen LogP contribution in [0.5, 0.6) is 0 Å². The Labute approximate surface area is 128 Å². The fraction of sp³-hybridized carbons (Fsp3) is 0.474. The Hall–Kier alpha value is -1.38. The maximum absolute atomic E-state index is 3.82. The van der Waals surface area contributed by atoms with Crippen LogP contribution in [-0.2, 0) is 0 Å². The Bertz CT molecular complexity index is 607. The first-order valence-electron chi connectivity index (χ1n) is 8.08. The van der Waals surface area contributed by atoms with Crippen LogP contribution in [0.4, 0.5) is 0 Å². The fourth-order valence-electron chi connectivity index (χ4n) is 3.37. The van der Waals surface area contributed by atoms with Crippen LogP contribution in [-0.4, -0.2) is 30.6 Å². The van der Waals surface area contributed by atoms with Gasteiger partial charge in [-0.15, -0.1) is 0 Å². The Morgan fingerprint density at radius 1 is 1.14 bits per heavy atom. The zero-order chi connectivity index (χ0) is 14.8. The Balaban J connectivity index is 1.70. The molecule has 1 saturated heterocycles. The molecule has 0 spiro atoms. The number of nitrogens with one attached hydrogen (secondary N) is 1. The van der Waals surface area contributed by atoms with Gasteiger partial charge in [0.05, 0.1) is 0 Å². The minimum Gasteiger partial charge on any atom is -0.307 e. The molecule has 2 heteroatoms. The average Bonchev–Trinajstić information content (AvgIpc) is 2.50. The van der Waals surface area contributed by atoms with Crippen molar-refractivity contribution in [3.05, 3.63) is 48.0 Å². The zero-order valence-corrected chi connectivity index (χ0v) is 13.3. The highest BCUT2D eigenvalue weighted by Gasteiger charge is 2.23. The molecule has 0 aliphatic carbocycles. The lowest BCUT2D eigenvalue weighted by Gasteiger charge is -2.36. The van der Waals surface area contributed by atoms with Gasteiger partial charge in [-0.1, -0.05) is 36.4 Å². The van der Waals surface area contributed by atoms with Crippen LogP contribution in [0.25, 0.3) is 10.8 Å². The highest BCUT2D eigenvalue weighted by atomic mass is 15.1. The fourth-order valence-corrected chi connectivity index (χ4v) is 3.37. The quantitative estimate of drug-likeness (QED) is 0.916. The molecule has 0 bridgehead atoms. The summed E-state index contributed by atoms with van der Waals surface area (Å²) in [6, 6.07) is 17.1. The molecule has 1 aliphatic rings. The summed E-state index contributed by atoms with van der Waals surface area (Å²) in [5.41, 5.74) is 1.39. The summed E-state index contributed by atoms with van der Waals surface area (Å²) in [7, 11) is 2.23. The summed E-state index contributed by atoms with van der Waals surface area (Å²) in [5, 5.41) is 6.48. The number of hydrogen-bond acceptors (Lipinski definition) is 2. The van der Waals surface area contributed by atoms with E-state index in [0.29, 0.717) is 18.1 Å². The van der Waals surface area contributed by atoms with Crippen molar-refractivity contribution in [1.82, 2.24) is 10.2 Å². The third kappa shape index (κ3) is 3.28. The van der Waals surface area contributed by atoms with Crippen LogP contribution in [0.3, 0.4) is 0 Å². The normalized spacial score (nSPS) is 25.1. The van der Waals surface area contributed by atoms with Gasteiger partial charge in [-0.2, -0.15) is 0 Å². The number of piperidine rings is 1. The number of rotatable bonds is 3. The highest BCUT2D eigenvalue weighted by Crippen LogP contribution is 2.23. The van der Waals surface area contributed by atoms with Gasteiger partial charge in [0.1, 0.15) is 0 Å². The summed E-state index contributed by atoms with van der Waals surface area (Å²) < 4.78 is 0. The largest absolute Gasteiger partial charge is 0.307 e. The maximum Gasteiger partial charge on any atom is 0.0294 e. The van der Waals surface area contributed by atoms with Crippen molar-refractivity contribution in [2.24, 2.45) is 0 Å². The van der Waals surface area contributed by atoms with E-state index in [0.717, 1.165) is 0 Å². The first-order chi connectivity index (χ1) is 10.1. The second-order valence-electron chi connectivity index (χ2n) is 6.55. The minimum absolute atomic E-state index is 0.412. The monoisotopic (exact) mass is 282 g/mol. The molecule has 21 heavy (non-hydrogen) atoms. The molecule has 0 radical (unpaired) electrons. The van der Waals surface area contributed by atoms with Crippen molar-refractivity contribution >= 4 is 10.8 Å². The van der Waals surface area contributed by atoms with Crippen molar-refractivity contribution in [2.45, 2.75) is 44.8 Å². The van der Waals surface area contributed by atoms with E-state index >= 15 is 0 Å². The predicted octanol–water partition coefficient (Wildman–Crippen LogP) is 3.97. The van der Waals surface area contributed by atoms with E-state index in [1.54, 1.807) is 0 Å². The minimum atomic E-state index is 0.412. The van der Waals surface area contributed by atoms with E-state index in [1.165, 1.54) is 35.7 Å². The molecule has 2 aromatic rings. The lowest BCUT2D eigenvalue weighted by Crippen LogP contribution is -2.46. The molecule has 2 aromatic carbocycles. The smallest absolute Gasteiger partial charge is 0.0294 e. The predicted molar refractivity (Wildman–Crippen MR) is 90.6 cm³/mol. The summed E-state index contributed by atoms with van der Waals surface area (Å²) in [6.07, 6.45) is 2.49. The zero-order valence-electron chi connectivity index (χ0n) is 13.3. The molecular formula is C19H26N2. The van der Waals surface area contributed by atoms with Crippen LogP contribution in [0.15, 0.2) is 42.5 Å². The van der Waals surface area contributed by atoms with Gasteiger partial charge < -0.3 is 10.2 Å². The SMILES string of the molecule is CC(NC1CCN(C)C(C)C1)c1ccc2ccccc2c1. The molecule has 1 N–H and O–H groups in total. The summed E-state index contributed by atoms with van der Waals surface area (Å²) in [6.45, 7) is 5.81.